The number of methoxy groups -OCH3 is 1. The third kappa shape index (κ3) is 10.4. The SMILES string of the molecule is CC.CCCc1cc(Cl)ccc1C1COc2ccc3cc2N(CCC(CC)C(OC)/C=C/COC(C)(C)C(=O)N=S3(=O)NC(=O)C2CCOCC2)C1. The summed E-state index contributed by atoms with van der Waals surface area (Å²) < 4.78 is 45.8. The van der Waals surface area contributed by atoms with Gasteiger partial charge in [-0.25, -0.2) is 4.21 Å². The minimum atomic E-state index is -3.79. The zero-order chi connectivity index (χ0) is 37.9. The van der Waals surface area contributed by atoms with Crippen molar-refractivity contribution in [3.63, 3.8) is 0 Å². The van der Waals surface area contributed by atoms with Gasteiger partial charge < -0.3 is 23.8 Å². The highest BCUT2D eigenvalue weighted by Gasteiger charge is 2.34. The monoisotopic (exact) mass is 759 g/mol. The van der Waals surface area contributed by atoms with Gasteiger partial charge in [-0.2, -0.15) is 0 Å². The fraction of sp³-hybridized carbons (Fsp3) is 0.600. The summed E-state index contributed by atoms with van der Waals surface area (Å²) >= 11 is 6.45. The molecule has 0 saturated carbocycles. The van der Waals surface area contributed by atoms with E-state index < -0.39 is 33.2 Å². The number of carbonyl (C=O) groups is 2. The molecule has 2 bridgehead atoms. The number of hydrogen-bond donors (Lipinski definition) is 1. The van der Waals surface area contributed by atoms with Crippen LogP contribution >= 0.6 is 11.6 Å². The second kappa shape index (κ2) is 19.4. The molecule has 10 nitrogen and oxygen atoms in total. The number of fused-ring (bicyclic) bond motifs is 1. The van der Waals surface area contributed by atoms with E-state index in [2.05, 4.69) is 33.9 Å². The number of halogens is 1. The second-order valence-electron chi connectivity index (χ2n) is 13.9. The smallest absolute Gasteiger partial charge is 0.287 e. The highest BCUT2D eigenvalue weighted by Crippen LogP contribution is 2.39. The van der Waals surface area contributed by atoms with Crippen molar-refractivity contribution in [2.45, 2.75) is 103 Å². The first-order valence-corrected chi connectivity index (χ1v) is 20.7. The van der Waals surface area contributed by atoms with Crippen molar-refractivity contribution in [3.8, 4) is 5.75 Å². The number of aryl methyl sites for hydroxylation is 1. The predicted molar refractivity (Wildman–Crippen MR) is 208 cm³/mol. The van der Waals surface area contributed by atoms with Crippen LogP contribution in [0.15, 0.2) is 57.8 Å². The van der Waals surface area contributed by atoms with Crippen LogP contribution in [0.3, 0.4) is 0 Å². The van der Waals surface area contributed by atoms with Gasteiger partial charge in [-0.1, -0.05) is 70.4 Å². The zero-order valence-corrected chi connectivity index (χ0v) is 33.5. The molecule has 12 heteroatoms. The molecule has 0 radical (unpaired) electrons. The molecule has 3 aliphatic rings. The van der Waals surface area contributed by atoms with E-state index in [0.29, 0.717) is 56.5 Å². The summed E-state index contributed by atoms with van der Waals surface area (Å²) in [5, 5.41) is 0.707. The van der Waals surface area contributed by atoms with Crippen molar-refractivity contribution in [1.29, 1.82) is 0 Å². The van der Waals surface area contributed by atoms with Gasteiger partial charge in [0.05, 0.1) is 29.9 Å². The van der Waals surface area contributed by atoms with E-state index in [9.17, 15) is 13.8 Å². The number of nitrogens with zero attached hydrogens (tertiary/aromatic N) is 2. The lowest BCUT2D eigenvalue weighted by Gasteiger charge is -2.31. The molecule has 2 aromatic carbocycles. The lowest BCUT2D eigenvalue weighted by Crippen LogP contribution is -2.40. The van der Waals surface area contributed by atoms with Gasteiger partial charge in [-0.3, -0.25) is 14.3 Å². The quantitative estimate of drug-likeness (QED) is 0.284. The summed E-state index contributed by atoms with van der Waals surface area (Å²) in [6, 6.07) is 11.3. The fourth-order valence-corrected chi connectivity index (χ4v) is 8.78. The Hall–Kier alpha value is -2.96. The Kier molecular flexibility index (Phi) is 15.6. The van der Waals surface area contributed by atoms with Crippen LogP contribution in [0.4, 0.5) is 5.69 Å². The molecule has 0 spiro atoms. The third-order valence-corrected chi connectivity index (χ3v) is 12.0. The minimum Gasteiger partial charge on any atom is -0.491 e. The van der Waals surface area contributed by atoms with Crippen LogP contribution in [-0.4, -0.2) is 74.4 Å². The Labute approximate surface area is 316 Å². The minimum absolute atomic E-state index is 0.0234. The van der Waals surface area contributed by atoms with Crippen LogP contribution in [0.2, 0.25) is 5.02 Å². The molecule has 2 aromatic rings. The molecule has 1 N–H and O–H groups in total. The van der Waals surface area contributed by atoms with Crippen LogP contribution in [0.1, 0.15) is 90.7 Å². The summed E-state index contributed by atoms with van der Waals surface area (Å²) in [6.45, 7) is 14.2. The number of hydrogen-bond acceptors (Lipinski definition) is 8. The van der Waals surface area contributed by atoms with Gasteiger partial charge in [0, 0.05) is 50.3 Å². The average molecular weight is 760 g/mol. The number of ether oxygens (including phenoxy) is 4. The van der Waals surface area contributed by atoms with E-state index in [0.717, 1.165) is 31.4 Å². The maximum Gasteiger partial charge on any atom is 0.287 e. The molecule has 3 heterocycles. The van der Waals surface area contributed by atoms with Gasteiger partial charge >= 0.3 is 0 Å². The molecule has 2 amide bonds. The van der Waals surface area contributed by atoms with Gasteiger partial charge in [-0.15, -0.1) is 4.36 Å². The number of nitrogens with one attached hydrogen (secondary N) is 1. The highest BCUT2D eigenvalue weighted by molar-refractivity contribution is 7.92. The highest BCUT2D eigenvalue weighted by atomic mass is 35.5. The van der Waals surface area contributed by atoms with E-state index in [4.69, 9.17) is 30.5 Å². The molecule has 3 aliphatic heterocycles. The lowest BCUT2D eigenvalue weighted by atomic mass is 9.91. The predicted octanol–water partition coefficient (Wildman–Crippen LogP) is 7.91. The summed E-state index contributed by atoms with van der Waals surface area (Å²) in [6.07, 6.45) is 8.25. The molecule has 52 heavy (non-hydrogen) atoms. The summed E-state index contributed by atoms with van der Waals surface area (Å²) in [5.74, 6) is -0.713. The molecule has 288 valence electrons. The average Bonchev–Trinajstić information content (AvgIpc) is 3.32. The molecular weight excluding hydrogens is 702 g/mol. The third-order valence-electron chi connectivity index (χ3n) is 9.99. The standard InChI is InChI=1S/C38H52ClN3O7S.C2H6/c1-6-9-28-22-30(39)11-13-32(28)29-24-42-18-15-26(7-2)34(46-5)10-8-19-49-38(3,4)37(44)41-50(45,40-36(43)27-16-20-47-21-17-27)31-12-14-35(48-25-29)33(42)23-31;1-2/h8,10-14,22-23,26-27,29,34H,6-7,9,15-21,24-25H2,1-5H3,(H,40,41,43,44,45);1-2H3/b10-8+;. The van der Waals surface area contributed by atoms with Crippen LogP contribution in [0, 0.1) is 11.8 Å². The first-order chi connectivity index (χ1) is 25.0. The van der Waals surface area contributed by atoms with E-state index in [1.807, 2.05) is 38.1 Å². The number of carbonyl (C=O) groups excluding carboxylic acids is 2. The van der Waals surface area contributed by atoms with E-state index in [-0.39, 0.29) is 29.4 Å². The Morgan fingerprint density at radius 1 is 1.12 bits per heavy atom. The molecule has 4 unspecified atom stereocenters. The largest absolute Gasteiger partial charge is 0.491 e. The molecule has 4 atom stereocenters. The summed E-state index contributed by atoms with van der Waals surface area (Å²) in [7, 11) is -2.08. The zero-order valence-electron chi connectivity index (χ0n) is 32.0. The van der Waals surface area contributed by atoms with Gasteiger partial charge in [0.25, 0.3) is 5.91 Å². The van der Waals surface area contributed by atoms with Gasteiger partial charge in [0.15, 0.2) is 9.92 Å². The normalized spacial score (nSPS) is 26.1. The van der Waals surface area contributed by atoms with Gasteiger partial charge in [-0.05, 0) is 86.9 Å². The van der Waals surface area contributed by atoms with Crippen LogP contribution in [0.25, 0.3) is 0 Å². The van der Waals surface area contributed by atoms with Crippen molar-refractivity contribution < 1.29 is 32.7 Å². The Balaban J connectivity index is 0.00000297. The molecule has 1 saturated heterocycles. The lowest BCUT2D eigenvalue weighted by molar-refractivity contribution is -0.137. The van der Waals surface area contributed by atoms with Crippen molar-refractivity contribution in [2.24, 2.45) is 16.2 Å². The number of amides is 2. The van der Waals surface area contributed by atoms with Gasteiger partial charge in [0.1, 0.15) is 11.4 Å². The Bertz CT molecular complexity index is 1670. The van der Waals surface area contributed by atoms with Crippen LogP contribution in [-0.2, 0) is 40.1 Å². The van der Waals surface area contributed by atoms with E-state index >= 15 is 0 Å². The summed E-state index contributed by atoms with van der Waals surface area (Å²) in [5.41, 5.74) is 1.71. The molecule has 0 aliphatic carbocycles. The van der Waals surface area contributed by atoms with Crippen molar-refractivity contribution in [1.82, 2.24) is 4.72 Å². The number of benzene rings is 2. The van der Waals surface area contributed by atoms with Gasteiger partial charge in [0.2, 0.25) is 5.91 Å². The van der Waals surface area contributed by atoms with Crippen molar-refractivity contribution in [2.75, 3.05) is 51.5 Å². The summed E-state index contributed by atoms with van der Waals surface area (Å²) in [4.78, 5) is 29.8. The molecular formula is C40H58ClN3O7S. The Morgan fingerprint density at radius 2 is 1.87 bits per heavy atom. The molecule has 5 rings (SSSR count). The maximum absolute atomic E-state index is 15.0. The first kappa shape index (κ1) is 41.8. The maximum atomic E-state index is 15.0. The van der Waals surface area contributed by atoms with Crippen molar-refractivity contribution in [3.05, 3.63) is 64.7 Å². The molecule has 0 aromatic heterocycles. The van der Waals surface area contributed by atoms with Crippen LogP contribution < -0.4 is 14.4 Å². The van der Waals surface area contributed by atoms with E-state index in [1.54, 1.807) is 39.2 Å². The Morgan fingerprint density at radius 3 is 2.56 bits per heavy atom. The number of rotatable bonds is 7. The fourth-order valence-electron chi connectivity index (χ4n) is 6.90. The number of anilines is 1. The topological polar surface area (TPSA) is 116 Å². The first-order valence-electron chi connectivity index (χ1n) is 18.8. The second-order valence-corrected chi connectivity index (χ2v) is 16.2. The van der Waals surface area contributed by atoms with E-state index in [1.165, 1.54) is 11.1 Å². The van der Waals surface area contributed by atoms with Crippen molar-refractivity contribution >= 4 is 39.0 Å². The molecule has 1 fully saturated rings. The van der Waals surface area contributed by atoms with Crippen LogP contribution in [0.5, 0.6) is 5.75 Å².